The molecule has 0 aliphatic carbocycles. The zero-order valence-corrected chi connectivity index (χ0v) is 16.3. The third kappa shape index (κ3) is 8.39. The van der Waals surface area contributed by atoms with Crippen LogP contribution in [0.15, 0.2) is 12.5 Å². The van der Waals surface area contributed by atoms with Crippen LogP contribution in [0.2, 0.25) is 0 Å². The number of nitrogens with one attached hydrogen (secondary N) is 3. The van der Waals surface area contributed by atoms with Gasteiger partial charge in [0.15, 0.2) is 0 Å². The molecule has 0 aromatic carbocycles. The Kier molecular flexibility index (Phi) is 10.0. The third-order valence-electron chi connectivity index (χ3n) is 3.87. The molecule has 0 fully saturated rings. The summed E-state index contributed by atoms with van der Waals surface area (Å²) in [5.74, 6) is -2.60. The van der Waals surface area contributed by atoms with Crippen LogP contribution in [0.3, 0.4) is 0 Å². The highest BCUT2D eigenvalue weighted by Gasteiger charge is 2.28. The van der Waals surface area contributed by atoms with Gasteiger partial charge in [-0.1, -0.05) is 0 Å². The van der Waals surface area contributed by atoms with E-state index in [4.69, 9.17) is 11.5 Å². The van der Waals surface area contributed by atoms with Crippen molar-refractivity contribution in [2.24, 2.45) is 11.5 Å². The van der Waals surface area contributed by atoms with E-state index in [1.54, 1.807) is 6.20 Å². The minimum atomic E-state index is -1.29. The molecule has 11 nitrogen and oxygen atoms in total. The van der Waals surface area contributed by atoms with Crippen molar-refractivity contribution in [3.63, 3.8) is 0 Å². The SMILES string of the molecule is CSCC[C@H](NC(=O)[C@@H](N)Cc1cnc[nH]1)C(=O)N[C@@H](CCC(N)=O)C(=O)O. The van der Waals surface area contributed by atoms with Gasteiger partial charge in [0.2, 0.25) is 17.7 Å². The Morgan fingerprint density at radius 2 is 1.89 bits per heavy atom. The van der Waals surface area contributed by atoms with Gasteiger partial charge in [-0.25, -0.2) is 9.78 Å². The first-order chi connectivity index (χ1) is 13.2. The van der Waals surface area contributed by atoms with Gasteiger partial charge in [-0.3, -0.25) is 14.4 Å². The molecule has 3 amide bonds. The summed E-state index contributed by atoms with van der Waals surface area (Å²) in [6.45, 7) is 0. The van der Waals surface area contributed by atoms with Gasteiger partial charge in [-0.15, -0.1) is 0 Å². The van der Waals surface area contributed by atoms with Gasteiger partial charge < -0.3 is 32.2 Å². The first-order valence-electron chi connectivity index (χ1n) is 8.58. The van der Waals surface area contributed by atoms with Crippen molar-refractivity contribution in [3.8, 4) is 0 Å². The van der Waals surface area contributed by atoms with E-state index in [0.717, 1.165) is 0 Å². The summed E-state index contributed by atoms with van der Waals surface area (Å²) in [4.78, 5) is 53.7. The number of carbonyl (C=O) groups excluding carboxylic acids is 3. The molecule has 28 heavy (non-hydrogen) atoms. The molecule has 156 valence electrons. The predicted octanol–water partition coefficient (Wildman–Crippen LogP) is -1.65. The van der Waals surface area contributed by atoms with Crippen molar-refractivity contribution in [1.82, 2.24) is 20.6 Å². The van der Waals surface area contributed by atoms with Crippen LogP contribution in [0.25, 0.3) is 0 Å². The van der Waals surface area contributed by atoms with Crippen molar-refractivity contribution < 1.29 is 24.3 Å². The minimum absolute atomic E-state index is 0.140. The lowest BCUT2D eigenvalue weighted by atomic mass is 10.1. The molecule has 0 spiro atoms. The number of carboxylic acid groups (broad SMARTS) is 1. The Balaban J connectivity index is 2.72. The number of aliphatic carboxylic acids is 1. The molecule has 0 saturated carbocycles. The number of primary amides is 1. The molecule has 3 atom stereocenters. The first-order valence-corrected chi connectivity index (χ1v) is 9.97. The van der Waals surface area contributed by atoms with Gasteiger partial charge in [0.05, 0.1) is 12.4 Å². The summed E-state index contributed by atoms with van der Waals surface area (Å²) in [6.07, 6.45) is 5.02. The van der Waals surface area contributed by atoms with Crippen LogP contribution in [0.5, 0.6) is 0 Å². The maximum atomic E-state index is 12.5. The largest absolute Gasteiger partial charge is 0.480 e. The fourth-order valence-electron chi connectivity index (χ4n) is 2.33. The van der Waals surface area contributed by atoms with Crippen LogP contribution < -0.4 is 22.1 Å². The van der Waals surface area contributed by atoms with Gasteiger partial charge in [0.1, 0.15) is 12.1 Å². The van der Waals surface area contributed by atoms with Crippen LogP contribution in [0.1, 0.15) is 25.0 Å². The summed E-state index contributed by atoms with van der Waals surface area (Å²) in [5.41, 5.74) is 11.6. The highest BCUT2D eigenvalue weighted by Crippen LogP contribution is 2.05. The fourth-order valence-corrected chi connectivity index (χ4v) is 2.80. The number of hydrogen-bond donors (Lipinski definition) is 6. The number of thioether (sulfide) groups is 1. The number of amides is 3. The second-order valence-electron chi connectivity index (χ2n) is 6.13. The highest BCUT2D eigenvalue weighted by atomic mass is 32.2. The van der Waals surface area contributed by atoms with Crippen molar-refractivity contribution in [2.75, 3.05) is 12.0 Å². The van der Waals surface area contributed by atoms with E-state index in [1.165, 1.54) is 18.1 Å². The molecule has 1 rings (SSSR count). The van der Waals surface area contributed by atoms with Gasteiger partial charge in [-0.2, -0.15) is 11.8 Å². The molecule has 0 aliphatic rings. The van der Waals surface area contributed by atoms with E-state index in [0.29, 0.717) is 11.4 Å². The Morgan fingerprint density at radius 1 is 1.21 bits per heavy atom. The lowest BCUT2D eigenvalue weighted by Gasteiger charge is -2.22. The summed E-state index contributed by atoms with van der Waals surface area (Å²) in [7, 11) is 0. The summed E-state index contributed by atoms with van der Waals surface area (Å²) in [6, 6.07) is -3.15. The molecular formula is C16H26N6O5S. The van der Waals surface area contributed by atoms with E-state index in [1.807, 2.05) is 6.26 Å². The molecule has 1 aromatic rings. The topological polar surface area (TPSA) is 193 Å². The maximum Gasteiger partial charge on any atom is 0.326 e. The second kappa shape index (κ2) is 12.0. The van der Waals surface area contributed by atoms with Crippen LogP contribution in [-0.2, 0) is 25.6 Å². The lowest BCUT2D eigenvalue weighted by Crippen LogP contribution is -2.55. The molecule has 1 heterocycles. The smallest absolute Gasteiger partial charge is 0.326 e. The number of aromatic amines is 1. The van der Waals surface area contributed by atoms with Crippen molar-refractivity contribution in [2.45, 2.75) is 43.8 Å². The number of hydrogen-bond acceptors (Lipinski definition) is 7. The Bertz CT molecular complexity index is 668. The number of H-pyrrole nitrogens is 1. The molecule has 0 aliphatic heterocycles. The van der Waals surface area contributed by atoms with Crippen LogP contribution in [0, 0.1) is 0 Å². The monoisotopic (exact) mass is 414 g/mol. The molecule has 0 unspecified atom stereocenters. The first kappa shape index (κ1) is 23.4. The van der Waals surface area contributed by atoms with Crippen molar-refractivity contribution in [1.29, 1.82) is 0 Å². The standard InChI is InChI=1S/C16H26N6O5S/c1-28-5-4-11(15(25)22-12(16(26)27)2-3-13(18)23)21-14(24)10(17)6-9-7-19-8-20-9/h7-8,10-12H,2-6,17H2,1H3,(H2,18,23)(H,19,20)(H,21,24)(H,22,25)(H,26,27)/t10-,11-,12-/m0/s1. The molecule has 0 saturated heterocycles. The van der Waals surface area contributed by atoms with Gasteiger partial charge >= 0.3 is 5.97 Å². The molecule has 8 N–H and O–H groups in total. The maximum absolute atomic E-state index is 12.5. The summed E-state index contributed by atoms with van der Waals surface area (Å²) in [5, 5.41) is 14.1. The van der Waals surface area contributed by atoms with Gasteiger partial charge in [0.25, 0.3) is 0 Å². The zero-order chi connectivity index (χ0) is 21.1. The minimum Gasteiger partial charge on any atom is -0.480 e. The normalized spacial score (nSPS) is 13.9. The average molecular weight is 414 g/mol. The number of nitrogens with two attached hydrogens (primary N) is 2. The Labute approximate surface area is 166 Å². The highest BCUT2D eigenvalue weighted by molar-refractivity contribution is 7.98. The zero-order valence-electron chi connectivity index (χ0n) is 15.5. The third-order valence-corrected chi connectivity index (χ3v) is 4.51. The van der Waals surface area contributed by atoms with Crippen LogP contribution in [0.4, 0.5) is 0 Å². The number of imidazole rings is 1. The van der Waals surface area contributed by atoms with Gasteiger partial charge in [0, 0.05) is 24.7 Å². The summed E-state index contributed by atoms with van der Waals surface area (Å²) < 4.78 is 0. The van der Waals surface area contributed by atoms with E-state index in [2.05, 4.69) is 20.6 Å². The van der Waals surface area contributed by atoms with E-state index >= 15 is 0 Å². The number of carboxylic acids is 1. The molecule has 0 radical (unpaired) electrons. The van der Waals surface area contributed by atoms with E-state index in [9.17, 15) is 24.3 Å². The number of aromatic nitrogens is 2. The molecular weight excluding hydrogens is 388 g/mol. The van der Waals surface area contributed by atoms with E-state index < -0.39 is 41.8 Å². The Hall–Kier alpha value is -2.60. The quantitative estimate of drug-likeness (QED) is 0.221. The molecule has 1 aromatic heterocycles. The van der Waals surface area contributed by atoms with Crippen molar-refractivity contribution >= 4 is 35.5 Å². The number of nitrogens with zero attached hydrogens (tertiary/aromatic N) is 1. The lowest BCUT2D eigenvalue weighted by molar-refractivity contribution is -0.142. The Morgan fingerprint density at radius 3 is 2.43 bits per heavy atom. The molecule has 12 heteroatoms. The van der Waals surface area contributed by atoms with Crippen LogP contribution in [-0.4, -0.2) is 68.9 Å². The fraction of sp³-hybridized carbons (Fsp3) is 0.562. The van der Waals surface area contributed by atoms with Crippen LogP contribution >= 0.6 is 11.8 Å². The predicted molar refractivity (Wildman–Crippen MR) is 103 cm³/mol. The van der Waals surface area contributed by atoms with Gasteiger partial charge in [-0.05, 0) is 24.9 Å². The molecule has 0 bridgehead atoms. The average Bonchev–Trinajstić information content (AvgIpc) is 3.14. The van der Waals surface area contributed by atoms with Crippen molar-refractivity contribution in [3.05, 3.63) is 18.2 Å². The second-order valence-corrected chi connectivity index (χ2v) is 7.12. The number of rotatable bonds is 13. The number of carbonyl (C=O) groups is 4. The summed E-state index contributed by atoms with van der Waals surface area (Å²) >= 11 is 1.47. The van der Waals surface area contributed by atoms with E-state index in [-0.39, 0.29) is 25.7 Å².